The number of hydrogen-bond donors (Lipinski definition) is 0. The molecule has 3 nitrogen and oxygen atoms in total. The zero-order valence-corrected chi connectivity index (χ0v) is 13.8. The molecule has 4 heteroatoms. The van der Waals surface area contributed by atoms with Crippen LogP contribution in [0.3, 0.4) is 0 Å². The molecule has 0 unspecified atom stereocenters. The molecule has 0 aliphatic heterocycles. The first-order valence-corrected chi connectivity index (χ1v) is 7.46. The molecule has 2 rings (SSSR count). The van der Waals surface area contributed by atoms with E-state index in [0.717, 1.165) is 10.0 Å². The molecule has 0 radical (unpaired) electrons. The summed E-state index contributed by atoms with van der Waals surface area (Å²) < 4.78 is 11.8. The van der Waals surface area contributed by atoms with Gasteiger partial charge in [-0.3, -0.25) is 0 Å². The molecular formula is C17H17BrO3. The maximum Gasteiger partial charge on any atom is 0.352 e. The van der Waals surface area contributed by atoms with Crippen molar-refractivity contribution in [2.24, 2.45) is 0 Å². The van der Waals surface area contributed by atoms with Crippen molar-refractivity contribution in [3.05, 3.63) is 58.1 Å². The Morgan fingerprint density at radius 2 is 1.62 bits per heavy atom. The Kier molecular flexibility index (Phi) is 5.02. The lowest BCUT2D eigenvalue weighted by Gasteiger charge is -2.14. The molecule has 0 N–H and O–H groups in total. The molecule has 0 aromatic heterocycles. The summed E-state index contributed by atoms with van der Waals surface area (Å²) in [5.74, 6) is 0.743. The first-order valence-electron chi connectivity index (χ1n) is 6.67. The molecule has 21 heavy (non-hydrogen) atoms. The number of aryl methyl sites for hydroxylation is 2. The van der Waals surface area contributed by atoms with E-state index in [2.05, 4.69) is 15.9 Å². The lowest BCUT2D eigenvalue weighted by Crippen LogP contribution is -2.28. The number of hydrogen-bond acceptors (Lipinski definition) is 3. The van der Waals surface area contributed by atoms with Gasteiger partial charge in [0.1, 0.15) is 11.5 Å². The predicted molar refractivity (Wildman–Crippen MR) is 85.8 cm³/mol. The molecule has 0 fully saturated rings. The van der Waals surface area contributed by atoms with Gasteiger partial charge in [0.15, 0.2) is 6.10 Å². The molecule has 0 amide bonds. The fraction of sp³-hybridized carbons (Fsp3) is 0.235. The predicted octanol–water partition coefficient (Wildman–Crippen LogP) is 4.44. The number of esters is 1. The van der Waals surface area contributed by atoms with Crippen molar-refractivity contribution in [3.8, 4) is 11.5 Å². The van der Waals surface area contributed by atoms with Crippen molar-refractivity contribution >= 4 is 21.9 Å². The standard InChI is InChI=1S/C17H17BrO3/c1-11-4-7-16(10-12(11)2)20-13(3)17(19)21-15-8-5-14(18)6-9-15/h4-10,13H,1-3H3/t13-/m1/s1. The summed E-state index contributed by atoms with van der Waals surface area (Å²) in [7, 11) is 0. The third kappa shape index (κ3) is 4.33. The molecule has 0 aliphatic rings. The van der Waals surface area contributed by atoms with Crippen LogP contribution in [0.1, 0.15) is 18.1 Å². The smallest absolute Gasteiger partial charge is 0.352 e. The fourth-order valence-corrected chi connectivity index (χ4v) is 2.01. The highest BCUT2D eigenvalue weighted by Crippen LogP contribution is 2.19. The number of rotatable bonds is 4. The number of carbonyl (C=O) groups excluding carboxylic acids is 1. The highest BCUT2D eigenvalue weighted by molar-refractivity contribution is 9.10. The summed E-state index contributed by atoms with van der Waals surface area (Å²) in [6, 6.07) is 12.8. The van der Waals surface area contributed by atoms with Crippen LogP contribution < -0.4 is 9.47 Å². The van der Waals surface area contributed by atoms with Crippen LogP contribution in [0.15, 0.2) is 46.9 Å². The van der Waals surface area contributed by atoms with Crippen molar-refractivity contribution in [1.29, 1.82) is 0 Å². The molecule has 2 aromatic carbocycles. The molecule has 0 bridgehead atoms. The molecule has 0 aliphatic carbocycles. The molecule has 1 atom stereocenters. The van der Waals surface area contributed by atoms with Crippen LogP contribution >= 0.6 is 15.9 Å². The molecule has 0 saturated heterocycles. The van der Waals surface area contributed by atoms with Gasteiger partial charge in [0.2, 0.25) is 0 Å². The van der Waals surface area contributed by atoms with Crippen LogP contribution in [0.25, 0.3) is 0 Å². The van der Waals surface area contributed by atoms with Crippen LogP contribution in [0.5, 0.6) is 11.5 Å². The number of benzene rings is 2. The number of halogens is 1. The molecule has 110 valence electrons. The van der Waals surface area contributed by atoms with E-state index in [1.165, 1.54) is 5.56 Å². The van der Waals surface area contributed by atoms with E-state index in [-0.39, 0.29) is 0 Å². The van der Waals surface area contributed by atoms with E-state index in [0.29, 0.717) is 11.5 Å². The summed E-state index contributed by atoms with van der Waals surface area (Å²) in [5.41, 5.74) is 2.31. The van der Waals surface area contributed by atoms with Crippen LogP contribution in [-0.2, 0) is 4.79 Å². The summed E-state index contributed by atoms with van der Waals surface area (Å²) in [5, 5.41) is 0. The SMILES string of the molecule is Cc1ccc(O[C@H](C)C(=O)Oc2ccc(Br)cc2)cc1C. The van der Waals surface area contributed by atoms with Gasteiger partial charge >= 0.3 is 5.97 Å². The highest BCUT2D eigenvalue weighted by atomic mass is 79.9. The number of ether oxygens (including phenoxy) is 2. The van der Waals surface area contributed by atoms with Crippen LogP contribution in [0.2, 0.25) is 0 Å². The average Bonchev–Trinajstić information content (AvgIpc) is 2.45. The van der Waals surface area contributed by atoms with Crippen LogP contribution in [-0.4, -0.2) is 12.1 Å². The van der Waals surface area contributed by atoms with Crippen molar-refractivity contribution in [2.75, 3.05) is 0 Å². The van der Waals surface area contributed by atoms with Crippen molar-refractivity contribution in [1.82, 2.24) is 0 Å². The monoisotopic (exact) mass is 348 g/mol. The summed E-state index contributed by atoms with van der Waals surface area (Å²) in [4.78, 5) is 12.0. The topological polar surface area (TPSA) is 35.5 Å². The highest BCUT2D eigenvalue weighted by Gasteiger charge is 2.17. The lowest BCUT2D eigenvalue weighted by molar-refractivity contribution is -0.141. The van der Waals surface area contributed by atoms with Crippen LogP contribution in [0.4, 0.5) is 0 Å². The van der Waals surface area contributed by atoms with E-state index in [4.69, 9.17) is 9.47 Å². The summed E-state index contributed by atoms with van der Waals surface area (Å²) in [6.45, 7) is 5.72. The minimum Gasteiger partial charge on any atom is -0.479 e. The van der Waals surface area contributed by atoms with E-state index in [1.807, 2.05) is 44.2 Å². The van der Waals surface area contributed by atoms with Gasteiger partial charge in [-0.25, -0.2) is 4.79 Å². The fourth-order valence-electron chi connectivity index (χ4n) is 1.74. The second-order valence-corrected chi connectivity index (χ2v) is 5.80. The first kappa shape index (κ1) is 15.6. The molecular weight excluding hydrogens is 332 g/mol. The van der Waals surface area contributed by atoms with Gasteiger partial charge in [0, 0.05) is 4.47 Å². The zero-order chi connectivity index (χ0) is 15.4. The normalized spacial score (nSPS) is 11.8. The second kappa shape index (κ2) is 6.76. The van der Waals surface area contributed by atoms with Gasteiger partial charge in [-0.15, -0.1) is 0 Å². The zero-order valence-electron chi connectivity index (χ0n) is 12.2. The van der Waals surface area contributed by atoms with E-state index in [1.54, 1.807) is 19.1 Å². The van der Waals surface area contributed by atoms with Gasteiger partial charge < -0.3 is 9.47 Å². The Morgan fingerprint density at radius 1 is 1.00 bits per heavy atom. The van der Waals surface area contributed by atoms with Gasteiger partial charge in [0.25, 0.3) is 0 Å². The molecule has 2 aromatic rings. The molecule has 0 heterocycles. The Bertz CT molecular complexity index is 635. The Hall–Kier alpha value is -1.81. The average molecular weight is 349 g/mol. The maximum atomic E-state index is 12.0. The Labute approximate surface area is 133 Å². The van der Waals surface area contributed by atoms with E-state index < -0.39 is 12.1 Å². The lowest BCUT2D eigenvalue weighted by atomic mass is 10.1. The minimum atomic E-state index is -0.671. The van der Waals surface area contributed by atoms with Gasteiger partial charge in [0.05, 0.1) is 0 Å². The summed E-state index contributed by atoms with van der Waals surface area (Å²) in [6.07, 6.45) is -0.671. The quantitative estimate of drug-likeness (QED) is 0.605. The third-order valence-corrected chi connectivity index (χ3v) is 3.68. The van der Waals surface area contributed by atoms with Crippen molar-refractivity contribution in [3.63, 3.8) is 0 Å². The molecule has 0 spiro atoms. The van der Waals surface area contributed by atoms with Crippen LogP contribution in [0, 0.1) is 13.8 Å². The Morgan fingerprint density at radius 3 is 2.24 bits per heavy atom. The molecule has 0 saturated carbocycles. The van der Waals surface area contributed by atoms with Crippen molar-refractivity contribution < 1.29 is 14.3 Å². The van der Waals surface area contributed by atoms with E-state index >= 15 is 0 Å². The van der Waals surface area contributed by atoms with E-state index in [9.17, 15) is 4.79 Å². The summed E-state index contributed by atoms with van der Waals surface area (Å²) >= 11 is 3.33. The Balaban J connectivity index is 1.98. The first-order chi connectivity index (χ1) is 9.95. The van der Waals surface area contributed by atoms with Crippen molar-refractivity contribution in [2.45, 2.75) is 26.9 Å². The van der Waals surface area contributed by atoms with Gasteiger partial charge in [-0.2, -0.15) is 0 Å². The largest absolute Gasteiger partial charge is 0.479 e. The van der Waals surface area contributed by atoms with Gasteiger partial charge in [-0.1, -0.05) is 22.0 Å². The maximum absolute atomic E-state index is 12.0. The minimum absolute atomic E-state index is 0.421. The third-order valence-electron chi connectivity index (χ3n) is 3.16. The number of carbonyl (C=O) groups is 1. The second-order valence-electron chi connectivity index (χ2n) is 4.88. The van der Waals surface area contributed by atoms with Gasteiger partial charge in [-0.05, 0) is 68.3 Å².